The predicted octanol–water partition coefficient (Wildman–Crippen LogP) is 6.14. The molecule has 0 fully saturated rings. The normalized spacial score (nSPS) is 11.7. The molecule has 0 aliphatic carbocycles. The van der Waals surface area contributed by atoms with Crippen molar-refractivity contribution < 1.29 is 14.7 Å². The average Bonchev–Trinajstić information content (AvgIpc) is 2.98. The van der Waals surface area contributed by atoms with Crippen molar-refractivity contribution in [3.63, 3.8) is 0 Å². The van der Waals surface area contributed by atoms with Crippen LogP contribution in [0.2, 0.25) is 0 Å². The Kier molecular flexibility index (Phi) is 8.35. The van der Waals surface area contributed by atoms with Crippen LogP contribution in [0.25, 0.3) is 27.8 Å². The fourth-order valence-electron chi connectivity index (χ4n) is 4.62. The summed E-state index contributed by atoms with van der Waals surface area (Å²) in [6.45, 7) is 1.77. The number of hydrogen-bond donors (Lipinski definition) is 3. The van der Waals surface area contributed by atoms with Gasteiger partial charge in [-0.15, -0.1) is 0 Å². The van der Waals surface area contributed by atoms with Gasteiger partial charge >= 0.3 is 0 Å². The maximum absolute atomic E-state index is 11.7. The molecule has 0 aliphatic heterocycles. The largest absolute Gasteiger partial charge is 0.489 e. The van der Waals surface area contributed by atoms with E-state index in [-0.39, 0.29) is 0 Å². The van der Waals surface area contributed by atoms with Gasteiger partial charge in [-0.1, -0.05) is 60.7 Å². The molecule has 5 aromatic rings. The zero-order chi connectivity index (χ0) is 27.9. The monoisotopic (exact) mass is 532 g/mol. The van der Waals surface area contributed by atoms with Crippen LogP contribution in [0, 0.1) is 0 Å². The molecule has 1 amide bonds. The highest BCUT2D eigenvalue weighted by Crippen LogP contribution is 2.26. The lowest BCUT2D eigenvalue weighted by atomic mass is 10.1. The fraction of sp³-hybridized carbons (Fsp3) is 0.152. The van der Waals surface area contributed by atoms with Crippen LogP contribution in [-0.2, 0) is 6.54 Å². The molecule has 1 heterocycles. The number of carbonyl (C=O) groups is 1. The number of amides is 1. The molecule has 0 bridgehead atoms. The van der Waals surface area contributed by atoms with Crippen molar-refractivity contribution in [2.24, 2.45) is 0 Å². The van der Waals surface area contributed by atoms with E-state index in [4.69, 9.17) is 9.94 Å². The number of pyridine rings is 1. The van der Waals surface area contributed by atoms with Gasteiger partial charge in [0, 0.05) is 29.4 Å². The van der Waals surface area contributed by atoms with Crippen LogP contribution in [0.5, 0.6) is 5.75 Å². The van der Waals surface area contributed by atoms with Crippen LogP contribution in [0.15, 0.2) is 103 Å². The van der Waals surface area contributed by atoms with Crippen molar-refractivity contribution >= 4 is 39.3 Å². The van der Waals surface area contributed by atoms with E-state index in [1.807, 2.05) is 48.7 Å². The first-order chi connectivity index (χ1) is 19.5. The van der Waals surface area contributed by atoms with Crippen LogP contribution in [-0.4, -0.2) is 48.2 Å². The topological polar surface area (TPSA) is 86.7 Å². The summed E-state index contributed by atoms with van der Waals surface area (Å²) < 4.78 is 6.32. The molecule has 0 saturated heterocycles. The molecule has 0 atom stereocenters. The Morgan fingerprint density at radius 3 is 2.55 bits per heavy atom. The Morgan fingerprint density at radius 1 is 0.950 bits per heavy atom. The number of hydroxylamine groups is 1. The van der Waals surface area contributed by atoms with Crippen molar-refractivity contribution in [3.8, 4) is 5.75 Å². The van der Waals surface area contributed by atoms with Gasteiger partial charge in [-0.2, -0.15) is 0 Å². The summed E-state index contributed by atoms with van der Waals surface area (Å²) in [7, 11) is 4.12. The number of rotatable bonds is 10. The van der Waals surface area contributed by atoms with Gasteiger partial charge in [0.15, 0.2) is 0 Å². The van der Waals surface area contributed by atoms with E-state index >= 15 is 0 Å². The van der Waals surface area contributed by atoms with Crippen LogP contribution < -0.4 is 15.5 Å². The molecule has 0 radical (unpaired) electrons. The Labute approximate surface area is 233 Å². The number of ether oxygens (including phenoxy) is 1. The second kappa shape index (κ2) is 12.4. The third-order valence-corrected chi connectivity index (χ3v) is 6.57. The van der Waals surface area contributed by atoms with Gasteiger partial charge in [0.05, 0.1) is 17.4 Å². The van der Waals surface area contributed by atoms with Crippen molar-refractivity contribution in [1.29, 1.82) is 0 Å². The number of nitrogens with one attached hydrogen (secondary N) is 2. The van der Waals surface area contributed by atoms with Gasteiger partial charge in [-0.25, -0.2) is 5.48 Å². The summed E-state index contributed by atoms with van der Waals surface area (Å²) in [4.78, 5) is 18.5. The fourth-order valence-corrected chi connectivity index (χ4v) is 4.62. The summed E-state index contributed by atoms with van der Waals surface area (Å²) in [6, 6.07) is 29.7. The Balaban J connectivity index is 1.38. The lowest BCUT2D eigenvalue weighted by Gasteiger charge is -2.15. The van der Waals surface area contributed by atoms with Crippen LogP contribution >= 0.6 is 0 Å². The zero-order valence-electron chi connectivity index (χ0n) is 22.6. The van der Waals surface area contributed by atoms with Crippen molar-refractivity contribution in [2.45, 2.75) is 6.54 Å². The summed E-state index contributed by atoms with van der Waals surface area (Å²) in [5.74, 6) is 0.272. The van der Waals surface area contributed by atoms with Crippen LogP contribution in [0.4, 0.5) is 5.69 Å². The lowest BCUT2D eigenvalue weighted by molar-refractivity contribution is 0.0706. The quantitative estimate of drug-likeness (QED) is 0.148. The molecule has 202 valence electrons. The van der Waals surface area contributed by atoms with E-state index in [0.717, 1.165) is 50.8 Å². The minimum absolute atomic E-state index is 0.369. The summed E-state index contributed by atoms with van der Waals surface area (Å²) >= 11 is 0. The minimum Gasteiger partial charge on any atom is -0.489 e. The highest BCUT2D eigenvalue weighted by atomic mass is 16.5. The number of nitrogens with zero attached hydrogens (tertiary/aromatic N) is 2. The maximum atomic E-state index is 11.7. The second-order valence-electron chi connectivity index (χ2n) is 9.97. The average molecular weight is 533 g/mol. The Hall–Kier alpha value is -4.72. The summed E-state index contributed by atoms with van der Waals surface area (Å²) in [5.41, 5.74) is 7.07. The minimum atomic E-state index is -0.547. The molecule has 7 heteroatoms. The number of aromatic nitrogens is 1. The number of fused-ring (bicyclic) bond motifs is 2. The Morgan fingerprint density at radius 2 is 1.75 bits per heavy atom. The van der Waals surface area contributed by atoms with E-state index in [1.54, 1.807) is 17.6 Å². The van der Waals surface area contributed by atoms with Gasteiger partial charge in [0.2, 0.25) is 0 Å². The highest BCUT2D eigenvalue weighted by molar-refractivity contribution is 5.93. The van der Waals surface area contributed by atoms with Crippen LogP contribution in [0.1, 0.15) is 21.5 Å². The molecule has 4 aromatic carbocycles. The highest BCUT2D eigenvalue weighted by Gasteiger charge is 2.08. The molecular weight excluding hydrogens is 500 g/mol. The van der Waals surface area contributed by atoms with Gasteiger partial charge < -0.3 is 15.0 Å². The van der Waals surface area contributed by atoms with Crippen LogP contribution in [0.3, 0.4) is 0 Å². The van der Waals surface area contributed by atoms with E-state index < -0.39 is 5.91 Å². The molecule has 0 saturated carbocycles. The maximum Gasteiger partial charge on any atom is 0.274 e. The van der Waals surface area contributed by atoms with Gasteiger partial charge in [-0.05, 0) is 72.6 Å². The van der Waals surface area contributed by atoms with Gasteiger partial charge in [0.1, 0.15) is 12.4 Å². The smallest absolute Gasteiger partial charge is 0.274 e. The molecule has 1 aromatic heterocycles. The molecule has 0 aliphatic rings. The zero-order valence-corrected chi connectivity index (χ0v) is 22.6. The summed E-state index contributed by atoms with van der Waals surface area (Å²) in [6.07, 6.45) is 3.89. The van der Waals surface area contributed by atoms with Gasteiger partial charge in [0.25, 0.3) is 5.91 Å². The van der Waals surface area contributed by atoms with Crippen molar-refractivity contribution in [1.82, 2.24) is 15.4 Å². The number of hydrogen-bond acceptors (Lipinski definition) is 6. The van der Waals surface area contributed by atoms with E-state index in [1.165, 1.54) is 5.56 Å². The molecule has 3 N–H and O–H groups in total. The first kappa shape index (κ1) is 26.9. The van der Waals surface area contributed by atoms with E-state index in [9.17, 15) is 4.79 Å². The van der Waals surface area contributed by atoms with Crippen molar-refractivity contribution in [3.05, 3.63) is 119 Å². The predicted molar refractivity (Wildman–Crippen MR) is 161 cm³/mol. The third-order valence-electron chi connectivity index (χ3n) is 6.57. The second-order valence-corrected chi connectivity index (χ2v) is 9.97. The number of anilines is 1. The lowest BCUT2D eigenvalue weighted by Crippen LogP contribution is -2.18. The molecule has 7 nitrogen and oxygen atoms in total. The molecular formula is C33H32N4O3. The molecule has 5 rings (SSSR count). The Bertz CT molecular complexity index is 1660. The number of benzene rings is 4. The first-order valence-electron chi connectivity index (χ1n) is 13.1. The van der Waals surface area contributed by atoms with Gasteiger partial charge in [-0.3, -0.25) is 15.0 Å². The van der Waals surface area contributed by atoms with Crippen molar-refractivity contribution in [2.75, 3.05) is 32.6 Å². The SMILES string of the molecule is CN(C)Cc1ccc2ncc(NCC(=Cc3ccc(C(=O)NO)cc3)COc3cccc4ccccc34)cc2c1. The molecule has 40 heavy (non-hydrogen) atoms. The van der Waals surface area contributed by atoms with E-state index in [0.29, 0.717) is 18.7 Å². The summed E-state index contributed by atoms with van der Waals surface area (Å²) in [5, 5.41) is 15.7. The standard InChI is InChI=1S/C33H32N4O3/c1-37(2)21-24-12-15-31-28(17-24)18-29(20-35-31)34-19-25(16-23-10-13-27(14-11-23)33(38)36-39)22-40-32-9-5-7-26-6-3-4-8-30(26)32/h3-18,20,34,39H,19,21-22H2,1-2H3,(H,36,38). The first-order valence-corrected chi connectivity index (χ1v) is 13.1. The third kappa shape index (κ3) is 6.64. The number of carbonyl (C=O) groups excluding carboxylic acids is 1. The van der Waals surface area contributed by atoms with E-state index in [2.05, 4.69) is 71.8 Å². The molecule has 0 spiro atoms. The molecule has 0 unspecified atom stereocenters.